The van der Waals surface area contributed by atoms with Crippen molar-refractivity contribution in [3.05, 3.63) is 91.0 Å². The van der Waals surface area contributed by atoms with Crippen molar-refractivity contribution in [2.75, 3.05) is 32.8 Å². The summed E-state index contributed by atoms with van der Waals surface area (Å²) in [7, 11) is 0.0309. The van der Waals surface area contributed by atoms with Crippen LogP contribution in [0.4, 0.5) is 0 Å². The lowest BCUT2D eigenvalue weighted by Crippen LogP contribution is -2.41. The summed E-state index contributed by atoms with van der Waals surface area (Å²) in [6, 6.07) is 32.5. The number of rotatable bonds is 9. The molecule has 29 heavy (non-hydrogen) atoms. The minimum Gasteiger partial charge on any atom is -0.338 e. The SMILES string of the molecule is CNCCN(CC[P+](c1ccccc1)(c1ccccc1)c1ccccc1)C(C)=O. The summed E-state index contributed by atoms with van der Waals surface area (Å²) in [4.78, 5) is 14.3. The largest absolute Gasteiger partial charge is 0.338 e. The number of carbonyl (C=O) groups excluding carboxylic acids is 1. The molecular formula is C25H30N2OP+. The second kappa shape index (κ2) is 10.3. The highest BCUT2D eigenvalue weighted by atomic mass is 31.2. The van der Waals surface area contributed by atoms with Gasteiger partial charge in [0.25, 0.3) is 0 Å². The number of hydrogen-bond donors (Lipinski definition) is 1. The summed E-state index contributed by atoms with van der Waals surface area (Å²) in [5, 5.41) is 7.23. The molecular weight excluding hydrogens is 375 g/mol. The van der Waals surface area contributed by atoms with Gasteiger partial charge in [-0.3, -0.25) is 4.79 Å². The Labute approximate surface area is 175 Å². The fraction of sp³-hybridized carbons (Fsp3) is 0.240. The number of nitrogens with one attached hydrogen (secondary N) is 1. The quantitative estimate of drug-likeness (QED) is 0.555. The Hall–Kier alpha value is -2.48. The van der Waals surface area contributed by atoms with E-state index in [0.29, 0.717) is 0 Å². The molecule has 0 aromatic heterocycles. The van der Waals surface area contributed by atoms with E-state index in [4.69, 9.17) is 0 Å². The fourth-order valence-corrected chi connectivity index (χ4v) is 8.08. The summed E-state index contributed by atoms with van der Waals surface area (Å²) < 4.78 is 0. The number of nitrogens with zero attached hydrogens (tertiary/aromatic N) is 1. The van der Waals surface area contributed by atoms with Crippen LogP contribution in [-0.4, -0.2) is 43.7 Å². The molecule has 3 aromatic carbocycles. The minimum atomic E-state index is -1.89. The van der Waals surface area contributed by atoms with E-state index in [1.54, 1.807) is 6.92 Å². The molecule has 3 aromatic rings. The summed E-state index contributed by atoms with van der Waals surface area (Å²) in [6.45, 7) is 3.93. The number of hydrogen-bond acceptors (Lipinski definition) is 2. The van der Waals surface area contributed by atoms with Gasteiger partial charge in [0, 0.05) is 20.0 Å². The maximum absolute atomic E-state index is 12.3. The Morgan fingerprint density at radius 2 is 1.17 bits per heavy atom. The van der Waals surface area contributed by atoms with Crippen LogP contribution >= 0.6 is 7.26 Å². The Kier molecular flexibility index (Phi) is 7.57. The number of amides is 1. The average Bonchev–Trinajstić information content (AvgIpc) is 2.78. The van der Waals surface area contributed by atoms with Crippen LogP contribution in [0.5, 0.6) is 0 Å². The van der Waals surface area contributed by atoms with E-state index in [0.717, 1.165) is 25.8 Å². The summed E-state index contributed by atoms with van der Waals surface area (Å²) >= 11 is 0. The van der Waals surface area contributed by atoms with Crippen LogP contribution in [-0.2, 0) is 4.79 Å². The maximum atomic E-state index is 12.3. The predicted molar refractivity (Wildman–Crippen MR) is 126 cm³/mol. The van der Waals surface area contributed by atoms with E-state index in [1.807, 2.05) is 11.9 Å². The van der Waals surface area contributed by atoms with Crippen molar-refractivity contribution in [1.29, 1.82) is 0 Å². The molecule has 0 saturated carbocycles. The number of benzene rings is 3. The van der Waals surface area contributed by atoms with Gasteiger partial charge in [-0.25, -0.2) is 0 Å². The molecule has 150 valence electrons. The van der Waals surface area contributed by atoms with Crippen LogP contribution in [0.3, 0.4) is 0 Å². The van der Waals surface area contributed by atoms with E-state index in [-0.39, 0.29) is 5.91 Å². The van der Waals surface area contributed by atoms with Gasteiger partial charge < -0.3 is 10.2 Å². The molecule has 1 amide bonds. The van der Waals surface area contributed by atoms with Crippen LogP contribution in [0.15, 0.2) is 91.0 Å². The molecule has 0 unspecified atom stereocenters. The second-order valence-electron chi connectivity index (χ2n) is 7.15. The first-order valence-corrected chi connectivity index (χ1v) is 12.1. The van der Waals surface area contributed by atoms with Gasteiger partial charge in [0.15, 0.2) is 0 Å². The Bertz CT molecular complexity index is 788. The summed E-state index contributed by atoms with van der Waals surface area (Å²) in [5.74, 6) is 0.132. The van der Waals surface area contributed by atoms with Gasteiger partial charge in [0.2, 0.25) is 5.91 Å². The molecule has 3 nitrogen and oxygen atoms in total. The van der Waals surface area contributed by atoms with Gasteiger partial charge in [-0.15, -0.1) is 0 Å². The van der Waals surface area contributed by atoms with Crippen molar-refractivity contribution in [1.82, 2.24) is 10.2 Å². The molecule has 0 atom stereocenters. The third-order valence-corrected chi connectivity index (χ3v) is 9.78. The van der Waals surface area contributed by atoms with Gasteiger partial charge in [0.1, 0.15) is 23.2 Å². The zero-order valence-electron chi connectivity index (χ0n) is 17.3. The van der Waals surface area contributed by atoms with Crippen LogP contribution in [0.1, 0.15) is 6.92 Å². The average molecular weight is 406 g/mol. The number of likely N-dealkylation sites (N-methyl/N-ethyl adjacent to an activating group) is 1. The molecule has 0 spiro atoms. The van der Waals surface area contributed by atoms with E-state index in [2.05, 4.69) is 96.3 Å². The van der Waals surface area contributed by atoms with Crippen LogP contribution in [0.2, 0.25) is 0 Å². The maximum Gasteiger partial charge on any atom is 0.219 e. The molecule has 0 bridgehead atoms. The second-order valence-corrected chi connectivity index (χ2v) is 10.8. The monoisotopic (exact) mass is 405 g/mol. The van der Waals surface area contributed by atoms with Crippen LogP contribution in [0, 0.1) is 0 Å². The van der Waals surface area contributed by atoms with E-state index >= 15 is 0 Å². The van der Waals surface area contributed by atoms with E-state index < -0.39 is 7.26 Å². The van der Waals surface area contributed by atoms with E-state index in [1.165, 1.54) is 15.9 Å². The van der Waals surface area contributed by atoms with Crippen molar-refractivity contribution in [3.8, 4) is 0 Å². The molecule has 0 radical (unpaired) electrons. The van der Waals surface area contributed by atoms with Crippen molar-refractivity contribution in [2.24, 2.45) is 0 Å². The van der Waals surface area contributed by atoms with Crippen LogP contribution < -0.4 is 21.2 Å². The van der Waals surface area contributed by atoms with Crippen molar-refractivity contribution >= 4 is 29.1 Å². The Morgan fingerprint density at radius 1 is 0.759 bits per heavy atom. The highest BCUT2D eigenvalue weighted by Crippen LogP contribution is 2.55. The predicted octanol–water partition coefficient (Wildman–Crippen LogP) is 3.05. The standard InChI is InChI=1S/C25H30N2OP/c1-22(28)27(19-18-26-2)20-21-29(23-12-6-3-7-13-23,24-14-8-4-9-15-24)25-16-10-5-11-17-25/h3-17,26H,18-21H2,1-2H3/q+1. The third-order valence-electron chi connectivity index (χ3n) is 5.37. The zero-order valence-corrected chi connectivity index (χ0v) is 18.2. The van der Waals surface area contributed by atoms with Gasteiger partial charge in [-0.05, 0) is 43.4 Å². The molecule has 0 aliphatic carbocycles. The smallest absolute Gasteiger partial charge is 0.219 e. The molecule has 3 rings (SSSR count). The highest BCUT2D eigenvalue weighted by Gasteiger charge is 2.45. The minimum absolute atomic E-state index is 0.132. The summed E-state index contributed by atoms with van der Waals surface area (Å²) in [6.07, 6.45) is 0.925. The third kappa shape index (κ3) is 4.93. The van der Waals surface area contributed by atoms with Gasteiger partial charge in [0.05, 0.1) is 12.7 Å². The molecule has 0 fully saturated rings. The zero-order chi connectivity index (χ0) is 20.5. The Balaban J connectivity index is 2.11. The van der Waals surface area contributed by atoms with Gasteiger partial charge in [-0.2, -0.15) is 0 Å². The molecule has 1 N–H and O–H groups in total. The molecule has 0 saturated heterocycles. The van der Waals surface area contributed by atoms with Crippen molar-refractivity contribution in [2.45, 2.75) is 6.92 Å². The molecule has 4 heteroatoms. The first-order valence-electron chi connectivity index (χ1n) is 10.1. The lowest BCUT2D eigenvalue weighted by Gasteiger charge is -2.30. The summed E-state index contributed by atoms with van der Waals surface area (Å²) in [5.41, 5.74) is 0. The van der Waals surface area contributed by atoms with Gasteiger partial charge >= 0.3 is 0 Å². The number of carbonyl (C=O) groups is 1. The van der Waals surface area contributed by atoms with Gasteiger partial charge in [-0.1, -0.05) is 54.6 Å². The molecule has 0 heterocycles. The first kappa shape index (κ1) is 21.2. The lowest BCUT2D eigenvalue weighted by molar-refractivity contribution is -0.128. The fourth-order valence-electron chi connectivity index (χ4n) is 3.83. The van der Waals surface area contributed by atoms with Crippen molar-refractivity contribution < 1.29 is 4.79 Å². The normalized spacial score (nSPS) is 11.2. The molecule has 0 aliphatic rings. The first-order chi connectivity index (χ1) is 14.2. The Morgan fingerprint density at radius 3 is 1.52 bits per heavy atom. The van der Waals surface area contributed by atoms with Crippen LogP contribution in [0.25, 0.3) is 0 Å². The molecule has 0 aliphatic heterocycles. The highest BCUT2D eigenvalue weighted by molar-refractivity contribution is 7.95. The van der Waals surface area contributed by atoms with Crippen molar-refractivity contribution in [3.63, 3.8) is 0 Å². The topological polar surface area (TPSA) is 32.3 Å². The lowest BCUT2D eigenvalue weighted by atomic mass is 10.4. The van der Waals surface area contributed by atoms with E-state index in [9.17, 15) is 4.79 Å².